The van der Waals surface area contributed by atoms with Gasteiger partial charge in [0.1, 0.15) is 5.75 Å². The predicted molar refractivity (Wildman–Crippen MR) is 88.1 cm³/mol. The maximum absolute atomic E-state index is 12.6. The van der Waals surface area contributed by atoms with Gasteiger partial charge in [0.2, 0.25) is 0 Å². The Hall–Kier alpha value is -0.830. The smallest absolute Gasteiger partial charge is 0.404 e. The zero-order valence-corrected chi connectivity index (χ0v) is 14.5. The van der Waals surface area contributed by atoms with E-state index in [2.05, 4.69) is 13.8 Å². The topological polar surface area (TPSA) is 44.8 Å². The Labute approximate surface area is 133 Å². The van der Waals surface area contributed by atoms with E-state index in [0.29, 0.717) is 19.0 Å². The lowest BCUT2D eigenvalue weighted by atomic mass is 9.80. The minimum atomic E-state index is -3.48. The van der Waals surface area contributed by atoms with Gasteiger partial charge >= 0.3 is 7.82 Å². The van der Waals surface area contributed by atoms with Crippen LogP contribution in [0.25, 0.3) is 0 Å². The second-order valence-corrected chi connectivity index (χ2v) is 7.70. The zero-order chi connectivity index (χ0) is 15.9. The number of para-hydroxylation sites is 1. The van der Waals surface area contributed by atoms with E-state index in [1.54, 1.807) is 12.1 Å². The Kier molecular flexibility index (Phi) is 6.49. The van der Waals surface area contributed by atoms with E-state index in [4.69, 9.17) is 13.6 Å². The molecule has 1 heterocycles. The van der Waals surface area contributed by atoms with Crippen LogP contribution in [0.3, 0.4) is 0 Å². The summed E-state index contributed by atoms with van der Waals surface area (Å²) in [5.74, 6) is 0.514. The molecular weight excluding hydrogens is 299 g/mol. The molecule has 4 nitrogen and oxygen atoms in total. The minimum Gasteiger partial charge on any atom is -0.404 e. The summed E-state index contributed by atoms with van der Waals surface area (Å²) in [6.07, 6.45) is 6.67. The lowest BCUT2D eigenvalue weighted by Crippen LogP contribution is -2.36. The minimum absolute atomic E-state index is 0.0139. The van der Waals surface area contributed by atoms with Gasteiger partial charge in [-0.2, -0.15) is 0 Å². The molecule has 0 bridgehead atoms. The monoisotopic (exact) mass is 326 g/mol. The van der Waals surface area contributed by atoms with Crippen LogP contribution in [0.1, 0.15) is 52.4 Å². The van der Waals surface area contributed by atoms with Gasteiger partial charge in [0.05, 0.1) is 13.2 Å². The summed E-state index contributed by atoms with van der Waals surface area (Å²) in [5, 5.41) is 0. The summed E-state index contributed by atoms with van der Waals surface area (Å²) in [4.78, 5) is 0. The van der Waals surface area contributed by atoms with E-state index < -0.39 is 7.82 Å². The largest absolute Gasteiger partial charge is 0.530 e. The number of hydrogen-bond acceptors (Lipinski definition) is 4. The molecule has 0 aliphatic carbocycles. The molecule has 0 atom stereocenters. The van der Waals surface area contributed by atoms with Gasteiger partial charge in [-0.05, 0) is 25.0 Å². The number of rotatable bonds is 8. The van der Waals surface area contributed by atoms with Gasteiger partial charge in [-0.1, -0.05) is 57.7 Å². The van der Waals surface area contributed by atoms with Crippen molar-refractivity contribution in [2.45, 2.75) is 52.4 Å². The molecule has 1 aromatic rings. The van der Waals surface area contributed by atoms with Crippen LogP contribution in [0.4, 0.5) is 0 Å². The molecule has 1 aliphatic rings. The van der Waals surface area contributed by atoms with E-state index in [-0.39, 0.29) is 5.41 Å². The normalized spacial score (nSPS) is 19.7. The van der Waals surface area contributed by atoms with Gasteiger partial charge in [0, 0.05) is 5.41 Å². The molecule has 0 N–H and O–H groups in total. The summed E-state index contributed by atoms with van der Waals surface area (Å²) in [6, 6.07) is 9.05. The predicted octanol–water partition coefficient (Wildman–Crippen LogP) is 5.59. The number of hydrogen-bond donors (Lipinski definition) is 0. The Morgan fingerprint density at radius 3 is 2.09 bits per heavy atom. The van der Waals surface area contributed by atoms with E-state index in [1.807, 2.05) is 18.2 Å². The van der Waals surface area contributed by atoms with Crippen LogP contribution >= 0.6 is 7.82 Å². The van der Waals surface area contributed by atoms with Crippen molar-refractivity contribution < 1.29 is 18.1 Å². The van der Waals surface area contributed by atoms with E-state index in [0.717, 1.165) is 38.5 Å². The standard InChI is InChI=1S/C17H27O4P/c1-3-5-12-17(13-6-4-2)14-19-22(18,20-15-17)21-16-10-8-7-9-11-16/h7-11H,3-6,12-15H2,1-2H3. The van der Waals surface area contributed by atoms with Crippen molar-refractivity contribution in [3.05, 3.63) is 30.3 Å². The van der Waals surface area contributed by atoms with Crippen molar-refractivity contribution in [1.29, 1.82) is 0 Å². The summed E-state index contributed by atoms with van der Waals surface area (Å²) in [5.41, 5.74) is -0.0139. The van der Waals surface area contributed by atoms with Crippen molar-refractivity contribution in [1.82, 2.24) is 0 Å². The molecule has 0 saturated carbocycles. The van der Waals surface area contributed by atoms with Crippen LogP contribution in [0.2, 0.25) is 0 Å². The molecular formula is C17H27O4P. The first kappa shape index (κ1) is 17.5. The highest BCUT2D eigenvalue weighted by Gasteiger charge is 2.43. The highest BCUT2D eigenvalue weighted by atomic mass is 31.2. The van der Waals surface area contributed by atoms with Crippen LogP contribution in [0.15, 0.2) is 30.3 Å². The molecule has 5 heteroatoms. The molecule has 1 saturated heterocycles. The van der Waals surface area contributed by atoms with Crippen LogP contribution in [-0.2, 0) is 13.6 Å². The van der Waals surface area contributed by atoms with E-state index in [9.17, 15) is 4.57 Å². The van der Waals surface area contributed by atoms with Crippen LogP contribution in [0.5, 0.6) is 5.75 Å². The average molecular weight is 326 g/mol. The molecule has 1 fully saturated rings. The molecule has 2 rings (SSSR count). The van der Waals surface area contributed by atoms with Gasteiger partial charge < -0.3 is 4.52 Å². The van der Waals surface area contributed by atoms with Gasteiger partial charge in [-0.3, -0.25) is 9.05 Å². The second-order valence-electron chi connectivity index (χ2n) is 6.11. The number of phosphoric acid groups is 1. The van der Waals surface area contributed by atoms with Crippen LogP contribution in [-0.4, -0.2) is 13.2 Å². The molecule has 0 amide bonds. The van der Waals surface area contributed by atoms with Crippen molar-refractivity contribution in [2.24, 2.45) is 5.41 Å². The quantitative estimate of drug-likeness (QED) is 0.584. The maximum Gasteiger partial charge on any atom is 0.530 e. The highest BCUT2D eigenvalue weighted by Crippen LogP contribution is 2.56. The first-order chi connectivity index (χ1) is 10.6. The first-order valence-electron chi connectivity index (χ1n) is 8.25. The Bertz CT molecular complexity index is 467. The molecule has 124 valence electrons. The zero-order valence-electron chi connectivity index (χ0n) is 13.6. The van der Waals surface area contributed by atoms with Crippen molar-refractivity contribution >= 4 is 7.82 Å². The van der Waals surface area contributed by atoms with Gasteiger partial charge in [-0.15, -0.1) is 0 Å². The summed E-state index contributed by atoms with van der Waals surface area (Å²) in [7, 11) is -3.48. The third-order valence-corrected chi connectivity index (χ3v) is 5.46. The number of phosphoric ester groups is 1. The Morgan fingerprint density at radius 2 is 1.59 bits per heavy atom. The lowest BCUT2D eigenvalue weighted by molar-refractivity contribution is -0.0155. The fourth-order valence-electron chi connectivity index (χ4n) is 2.69. The van der Waals surface area contributed by atoms with Gasteiger partial charge in [0.25, 0.3) is 0 Å². The first-order valence-corrected chi connectivity index (χ1v) is 9.71. The van der Waals surface area contributed by atoms with Crippen LogP contribution < -0.4 is 4.52 Å². The summed E-state index contributed by atoms with van der Waals surface area (Å²) >= 11 is 0. The molecule has 0 unspecified atom stereocenters. The molecule has 0 spiro atoms. The molecule has 1 aromatic carbocycles. The number of unbranched alkanes of at least 4 members (excludes halogenated alkanes) is 2. The summed E-state index contributed by atoms with van der Waals surface area (Å²) in [6.45, 7) is 5.27. The molecule has 0 radical (unpaired) electrons. The van der Waals surface area contributed by atoms with Crippen LogP contribution in [0, 0.1) is 5.41 Å². The van der Waals surface area contributed by atoms with E-state index in [1.165, 1.54) is 0 Å². The summed E-state index contributed by atoms with van der Waals surface area (Å²) < 4.78 is 29.2. The third-order valence-electron chi connectivity index (χ3n) is 4.14. The SMILES string of the molecule is CCCCC1(CCCC)COP(=O)(Oc2ccccc2)OC1. The Balaban J connectivity index is 1.97. The molecule has 1 aliphatic heterocycles. The maximum atomic E-state index is 12.6. The fourth-order valence-corrected chi connectivity index (χ4v) is 4.12. The van der Waals surface area contributed by atoms with Gasteiger partial charge in [-0.25, -0.2) is 4.57 Å². The third kappa shape index (κ3) is 4.84. The fraction of sp³-hybridized carbons (Fsp3) is 0.647. The van der Waals surface area contributed by atoms with Gasteiger partial charge in [0.15, 0.2) is 0 Å². The van der Waals surface area contributed by atoms with Crippen molar-refractivity contribution in [3.63, 3.8) is 0 Å². The second kappa shape index (κ2) is 8.14. The molecule has 0 aromatic heterocycles. The van der Waals surface area contributed by atoms with E-state index >= 15 is 0 Å². The highest BCUT2D eigenvalue weighted by molar-refractivity contribution is 7.49. The van der Waals surface area contributed by atoms with Crippen molar-refractivity contribution in [3.8, 4) is 5.75 Å². The van der Waals surface area contributed by atoms with Crippen molar-refractivity contribution in [2.75, 3.05) is 13.2 Å². The Morgan fingerprint density at radius 1 is 1.05 bits per heavy atom. The number of benzene rings is 1. The lowest BCUT2D eigenvalue weighted by Gasteiger charge is -2.39. The average Bonchev–Trinajstić information content (AvgIpc) is 2.54. The molecule has 22 heavy (non-hydrogen) atoms.